The van der Waals surface area contributed by atoms with Gasteiger partial charge in [0.25, 0.3) is 0 Å². The van der Waals surface area contributed by atoms with Crippen LogP contribution in [0.25, 0.3) is 0 Å². The number of unbranched alkanes of at least 4 members (excludes halogenated alkanes) is 3. The van der Waals surface area contributed by atoms with Crippen LogP contribution in [0.15, 0.2) is 12.7 Å². The first kappa shape index (κ1) is 16.6. The summed E-state index contributed by atoms with van der Waals surface area (Å²) in [4.78, 5) is 0. The van der Waals surface area contributed by atoms with Crippen LogP contribution in [0.5, 0.6) is 0 Å². The predicted octanol–water partition coefficient (Wildman–Crippen LogP) is 3.16. The molecular formula is C14H30N2O. The Bertz CT molecular complexity index is 197. The van der Waals surface area contributed by atoms with Gasteiger partial charge >= 0.3 is 0 Å². The molecule has 0 aromatic carbocycles. The van der Waals surface area contributed by atoms with Crippen LogP contribution < -0.4 is 11.3 Å². The van der Waals surface area contributed by atoms with E-state index in [1.807, 2.05) is 13.0 Å². The average molecular weight is 242 g/mol. The largest absolute Gasteiger partial charge is 0.374 e. The van der Waals surface area contributed by atoms with Crippen molar-refractivity contribution in [2.75, 3.05) is 6.61 Å². The summed E-state index contributed by atoms with van der Waals surface area (Å²) >= 11 is 0. The van der Waals surface area contributed by atoms with E-state index in [4.69, 9.17) is 10.6 Å². The smallest absolute Gasteiger partial charge is 0.0817 e. The monoisotopic (exact) mass is 242 g/mol. The molecule has 0 aliphatic heterocycles. The molecule has 0 saturated carbocycles. The third-order valence-corrected chi connectivity index (χ3v) is 3.52. The predicted molar refractivity (Wildman–Crippen MR) is 74.7 cm³/mol. The van der Waals surface area contributed by atoms with E-state index in [1.54, 1.807) is 0 Å². The molecule has 2 atom stereocenters. The van der Waals surface area contributed by atoms with Gasteiger partial charge in [0.2, 0.25) is 0 Å². The zero-order valence-electron chi connectivity index (χ0n) is 11.8. The molecule has 0 amide bonds. The summed E-state index contributed by atoms with van der Waals surface area (Å²) in [6.45, 7) is 10.8. The van der Waals surface area contributed by atoms with Crippen LogP contribution in [-0.4, -0.2) is 18.2 Å². The SMILES string of the molecule is C=CCCCCCC(NN)C(C)(CC)OCC. The first-order valence-electron chi connectivity index (χ1n) is 6.85. The van der Waals surface area contributed by atoms with E-state index in [9.17, 15) is 0 Å². The lowest BCUT2D eigenvalue weighted by Gasteiger charge is -2.36. The van der Waals surface area contributed by atoms with Crippen molar-refractivity contribution in [3.63, 3.8) is 0 Å². The molecule has 102 valence electrons. The summed E-state index contributed by atoms with van der Waals surface area (Å²) in [6, 6.07) is 0.233. The summed E-state index contributed by atoms with van der Waals surface area (Å²) in [5, 5.41) is 0. The number of hydrogen-bond donors (Lipinski definition) is 2. The lowest BCUT2D eigenvalue weighted by molar-refractivity contribution is -0.0575. The van der Waals surface area contributed by atoms with Crippen LogP contribution in [0.1, 0.15) is 59.3 Å². The Morgan fingerprint density at radius 3 is 2.53 bits per heavy atom. The maximum Gasteiger partial charge on any atom is 0.0817 e. The third-order valence-electron chi connectivity index (χ3n) is 3.52. The van der Waals surface area contributed by atoms with Gasteiger partial charge in [-0.15, -0.1) is 6.58 Å². The molecule has 0 fully saturated rings. The fourth-order valence-electron chi connectivity index (χ4n) is 2.16. The minimum Gasteiger partial charge on any atom is -0.374 e. The Labute approximate surface area is 107 Å². The van der Waals surface area contributed by atoms with Gasteiger partial charge in [0, 0.05) is 12.6 Å². The molecule has 0 bridgehead atoms. The number of nitrogens with two attached hydrogens (primary N) is 1. The fraction of sp³-hybridized carbons (Fsp3) is 0.857. The Hall–Kier alpha value is -0.380. The molecule has 0 rings (SSSR count). The average Bonchev–Trinajstić information content (AvgIpc) is 2.34. The standard InChI is InChI=1S/C14H30N2O/c1-5-8-9-10-11-12-13(16-15)14(4,6-2)17-7-3/h5,13,16H,1,6-12,15H2,2-4H3. The van der Waals surface area contributed by atoms with E-state index in [0.717, 1.165) is 25.9 Å². The summed E-state index contributed by atoms with van der Waals surface area (Å²) < 4.78 is 5.85. The molecular weight excluding hydrogens is 212 g/mol. The van der Waals surface area contributed by atoms with Crippen molar-refractivity contribution < 1.29 is 4.74 Å². The van der Waals surface area contributed by atoms with Gasteiger partial charge in [-0.2, -0.15) is 0 Å². The van der Waals surface area contributed by atoms with Gasteiger partial charge in [-0.05, 0) is 39.5 Å². The van der Waals surface area contributed by atoms with Crippen molar-refractivity contribution >= 4 is 0 Å². The van der Waals surface area contributed by atoms with Crippen LogP contribution in [0.4, 0.5) is 0 Å². The van der Waals surface area contributed by atoms with Crippen LogP contribution in [0.3, 0.4) is 0 Å². The number of allylic oxidation sites excluding steroid dienone is 1. The molecule has 0 aliphatic carbocycles. The van der Waals surface area contributed by atoms with E-state index < -0.39 is 0 Å². The quantitative estimate of drug-likeness (QED) is 0.253. The number of rotatable bonds is 11. The van der Waals surface area contributed by atoms with E-state index >= 15 is 0 Å². The van der Waals surface area contributed by atoms with Gasteiger partial charge < -0.3 is 4.74 Å². The van der Waals surface area contributed by atoms with Crippen molar-refractivity contribution in [1.82, 2.24) is 5.43 Å². The molecule has 0 aliphatic rings. The Morgan fingerprint density at radius 1 is 1.35 bits per heavy atom. The molecule has 0 aromatic rings. The van der Waals surface area contributed by atoms with Gasteiger partial charge in [-0.1, -0.05) is 25.8 Å². The second kappa shape index (κ2) is 9.63. The van der Waals surface area contributed by atoms with Crippen molar-refractivity contribution in [3.8, 4) is 0 Å². The highest BCUT2D eigenvalue weighted by atomic mass is 16.5. The van der Waals surface area contributed by atoms with Crippen molar-refractivity contribution in [2.45, 2.75) is 70.9 Å². The minimum absolute atomic E-state index is 0.151. The normalized spacial score (nSPS) is 16.5. The van der Waals surface area contributed by atoms with Gasteiger partial charge in [0.1, 0.15) is 0 Å². The van der Waals surface area contributed by atoms with E-state index in [2.05, 4.69) is 25.9 Å². The van der Waals surface area contributed by atoms with Gasteiger partial charge in [0.15, 0.2) is 0 Å². The molecule has 0 spiro atoms. The highest BCUT2D eigenvalue weighted by Gasteiger charge is 2.31. The zero-order chi connectivity index (χ0) is 13.1. The first-order chi connectivity index (χ1) is 8.14. The van der Waals surface area contributed by atoms with Crippen LogP contribution in [0.2, 0.25) is 0 Å². The summed E-state index contributed by atoms with van der Waals surface area (Å²) in [7, 11) is 0. The third kappa shape index (κ3) is 6.20. The van der Waals surface area contributed by atoms with Crippen molar-refractivity contribution in [3.05, 3.63) is 12.7 Å². The second-order valence-corrected chi connectivity index (χ2v) is 4.75. The topological polar surface area (TPSA) is 47.3 Å². The zero-order valence-corrected chi connectivity index (χ0v) is 11.8. The number of hydrazine groups is 1. The first-order valence-corrected chi connectivity index (χ1v) is 6.85. The maximum absolute atomic E-state index is 5.85. The summed E-state index contributed by atoms with van der Waals surface area (Å²) in [5.41, 5.74) is 2.77. The van der Waals surface area contributed by atoms with Crippen LogP contribution >= 0.6 is 0 Å². The van der Waals surface area contributed by atoms with Crippen LogP contribution in [0, 0.1) is 0 Å². The Morgan fingerprint density at radius 2 is 2.06 bits per heavy atom. The summed E-state index contributed by atoms with van der Waals surface area (Å²) in [5.74, 6) is 5.66. The molecule has 0 aromatic heterocycles. The Kier molecular flexibility index (Phi) is 9.41. The molecule has 3 heteroatoms. The van der Waals surface area contributed by atoms with E-state index in [-0.39, 0.29) is 11.6 Å². The van der Waals surface area contributed by atoms with Gasteiger partial charge in [-0.25, -0.2) is 0 Å². The Balaban J connectivity index is 4.06. The number of ether oxygens (including phenoxy) is 1. The van der Waals surface area contributed by atoms with Crippen molar-refractivity contribution in [1.29, 1.82) is 0 Å². The number of hydrogen-bond acceptors (Lipinski definition) is 3. The molecule has 3 nitrogen and oxygen atoms in total. The molecule has 17 heavy (non-hydrogen) atoms. The van der Waals surface area contributed by atoms with Gasteiger partial charge in [0.05, 0.1) is 5.60 Å². The molecule has 2 unspecified atom stereocenters. The molecule has 0 radical (unpaired) electrons. The van der Waals surface area contributed by atoms with Crippen LogP contribution in [-0.2, 0) is 4.74 Å². The fourth-order valence-corrected chi connectivity index (χ4v) is 2.16. The van der Waals surface area contributed by atoms with Crippen molar-refractivity contribution in [2.24, 2.45) is 5.84 Å². The van der Waals surface area contributed by atoms with E-state index in [0.29, 0.717) is 0 Å². The highest BCUT2D eigenvalue weighted by molar-refractivity contribution is 4.87. The van der Waals surface area contributed by atoms with Gasteiger partial charge in [-0.3, -0.25) is 11.3 Å². The number of nitrogens with one attached hydrogen (secondary N) is 1. The lowest BCUT2D eigenvalue weighted by atomic mass is 9.89. The molecule has 0 heterocycles. The summed E-state index contributed by atoms with van der Waals surface area (Å²) in [6.07, 6.45) is 8.77. The lowest BCUT2D eigenvalue weighted by Crippen LogP contribution is -2.52. The second-order valence-electron chi connectivity index (χ2n) is 4.75. The maximum atomic E-state index is 5.85. The minimum atomic E-state index is -0.151. The molecule has 3 N–H and O–H groups in total. The van der Waals surface area contributed by atoms with E-state index in [1.165, 1.54) is 19.3 Å². The highest BCUT2D eigenvalue weighted by Crippen LogP contribution is 2.23. The molecule has 0 saturated heterocycles.